The maximum Gasteiger partial charge on any atom is 0.0991 e. The SMILES string of the molecule is O=[S@@]1CCC[S@@](=O)C1. The van der Waals surface area contributed by atoms with Crippen LogP contribution in [0.1, 0.15) is 6.42 Å². The van der Waals surface area contributed by atoms with E-state index in [9.17, 15) is 8.42 Å². The van der Waals surface area contributed by atoms with Crippen LogP contribution in [0.25, 0.3) is 0 Å². The van der Waals surface area contributed by atoms with E-state index < -0.39 is 21.6 Å². The van der Waals surface area contributed by atoms with Gasteiger partial charge in [0.1, 0.15) is 0 Å². The third-order valence-electron chi connectivity index (χ3n) is 1.01. The van der Waals surface area contributed by atoms with E-state index in [0.717, 1.165) is 17.9 Å². The minimum Gasteiger partial charge on any atom is -0.259 e. The Morgan fingerprint density at radius 3 is 1.75 bits per heavy atom. The van der Waals surface area contributed by atoms with Gasteiger partial charge >= 0.3 is 0 Å². The summed E-state index contributed by atoms with van der Waals surface area (Å²) in [6.45, 7) is 0. The van der Waals surface area contributed by atoms with E-state index in [1.54, 1.807) is 0 Å². The predicted octanol–water partition coefficient (Wildman–Crippen LogP) is -0.155. The van der Waals surface area contributed by atoms with Crippen LogP contribution in [-0.2, 0) is 21.6 Å². The minimum absolute atomic E-state index is 0.417. The van der Waals surface area contributed by atoms with Crippen LogP contribution in [0.15, 0.2) is 0 Å². The monoisotopic (exact) mass is 152 g/mol. The smallest absolute Gasteiger partial charge is 0.0991 e. The molecule has 0 aromatic carbocycles. The zero-order valence-electron chi connectivity index (χ0n) is 4.46. The first-order valence-corrected chi connectivity index (χ1v) is 5.46. The van der Waals surface area contributed by atoms with Crippen LogP contribution in [0.5, 0.6) is 0 Å². The maximum atomic E-state index is 10.6. The lowest BCUT2D eigenvalue weighted by Crippen LogP contribution is -2.18. The molecule has 0 unspecified atom stereocenters. The van der Waals surface area contributed by atoms with E-state index in [1.165, 1.54) is 0 Å². The number of hydrogen-bond donors (Lipinski definition) is 0. The van der Waals surface area contributed by atoms with E-state index >= 15 is 0 Å². The summed E-state index contributed by atoms with van der Waals surface area (Å²) in [5.41, 5.74) is 0. The second-order valence-corrected chi connectivity index (χ2v) is 5.28. The molecular formula is C4H8O2S2. The first-order valence-electron chi connectivity index (χ1n) is 2.49. The minimum atomic E-state index is -0.770. The highest BCUT2D eigenvalue weighted by Crippen LogP contribution is 2.01. The molecule has 8 heavy (non-hydrogen) atoms. The fraction of sp³-hybridized carbons (Fsp3) is 1.00. The third kappa shape index (κ3) is 1.67. The molecule has 0 aromatic heterocycles. The average Bonchev–Trinajstić information content (AvgIpc) is 1.64. The average molecular weight is 152 g/mol. The lowest BCUT2D eigenvalue weighted by molar-refractivity contribution is 0.673. The molecule has 1 aliphatic heterocycles. The lowest BCUT2D eigenvalue weighted by atomic mass is 10.6. The Morgan fingerprint density at radius 2 is 1.50 bits per heavy atom. The van der Waals surface area contributed by atoms with Crippen LogP contribution >= 0.6 is 0 Å². The summed E-state index contributed by atoms with van der Waals surface area (Å²) in [5, 5.41) is 0.417. The Labute approximate surface area is 53.6 Å². The highest BCUT2D eigenvalue weighted by atomic mass is 32.2. The van der Waals surface area contributed by atoms with Gasteiger partial charge in [0.05, 0.1) is 5.08 Å². The molecule has 4 heteroatoms. The highest BCUT2D eigenvalue weighted by Gasteiger charge is 2.11. The van der Waals surface area contributed by atoms with E-state index in [-0.39, 0.29) is 0 Å². The van der Waals surface area contributed by atoms with E-state index in [0.29, 0.717) is 5.08 Å². The topological polar surface area (TPSA) is 34.1 Å². The Kier molecular flexibility index (Phi) is 2.19. The summed E-state index contributed by atoms with van der Waals surface area (Å²) < 4.78 is 21.2. The second kappa shape index (κ2) is 2.73. The molecule has 0 radical (unpaired) electrons. The molecule has 2 atom stereocenters. The van der Waals surface area contributed by atoms with Gasteiger partial charge in [-0.1, -0.05) is 0 Å². The molecule has 1 fully saturated rings. The quantitative estimate of drug-likeness (QED) is 0.483. The highest BCUT2D eigenvalue weighted by molar-refractivity contribution is 8.02. The lowest BCUT2D eigenvalue weighted by Gasteiger charge is -2.07. The normalized spacial score (nSPS) is 39.5. The van der Waals surface area contributed by atoms with Crippen molar-refractivity contribution in [2.45, 2.75) is 6.42 Å². The summed E-state index contributed by atoms with van der Waals surface area (Å²) in [6.07, 6.45) is 0.874. The molecule has 0 N–H and O–H groups in total. The van der Waals surface area contributed by atoms with Crippen molar-refractivity contribution >= 4 is 21.6 Å². The Bertz CT molecular complexity index is 118. The largest absolute Gasteiger partial charge is 0.259 e. The molecule has 0 spiro atoms. The third-order valence-corrected chi connectivity index (χ3v) is 4.60. The standard InChI is InChI=1S/C4H8O2S2/c5-7-2-1-3-8(6)4-7/h1-4H2/t7-,8-/m1/s1. The molecule has 2 nitrogen and oxygen atoms in total. The van der Waals surface area contributed by atoms with Crippen LogP contribution in [0, 0.1) is 0 Å². The number of rotatable bonds is 0. The number of hydrogen-bond acceptors (Lipinski definition) is 2. The maximum absolute atomic E-state index is 10.6. The van der Waals surface area contributed by atoms with Crippen LogP contribution < -0.4 is 0 Å². The first-order chi connectivity index (χ1) is 3.79. The molecule has 0 amide bonds. The van der Waals surface area contributed by atoms with Gasteiger partial charge in [-0.2, -0.15) is 0 Å². The van der Waals surface area contributed by atoms with Crippen LogP contribution in [0.4, 0.5) is 0 Å². The second-order valence-electron chi connectivity index (χ2n) is 1.76. The van der Waals surface area contributed by atoms with Crippen LogP contribution in [0.3, 0.4) is 0 Å². The van der Waals surface area contributed by atoms with Crippen molar-refractivity contribution in [1.82, 2.24) is 0 Å². The first kappa shape index (κ1) is 6.42. The van der Waals surface area contributed by atoms with Crippen molar-refractivity contribution in [2.75, 3.05) is 16.6 Å². The van der Waals surface area contributed by atoms with Gasteiger partial charge < -0.3 is 0 Å². The zero-order valence-corrected chi connectivity index (χ0v) is 6.09. The van der Waals surface area contributed by atoms with Gasteiger partial charge in [0.2, 0.25) is 0 Å². The summed E-state index contributed by atoms with van der Waals surface area (Å²) >= 11 is 0. The van der Waals surface area contributed by atoms with Gasteiger partial charge in [-0.25, -0.2) is 0 Å². The fourth-order valence-corrected chi connectivity index (χ4v) is 3.88. The predicted molar refractivity (Wildman–Crippen MR) is 35.5 cm³/mol. The van der Waals surface area contributed by atoms with E-state index in [4.69, 9.17) is 0 Å². The van der Waals surface area contributed by atoms with Crippen molar-refractivity contribution in [1.29, 1.82) is 0 Å². The Balaban J connectivity index is 2.45. The Hall–Kier alpha value is 0.300. The molecule has 0 saturated carbocycles. The molecule has 0 aromatic rings. The summed E-state index contributed by atoms with van der Waals surface area (Å²) in [4.78, 5) is 0. The summed E-state index contributed by atoms with van der Waals surface area (Å²) in [5.74, 6) is 1.51. The molecule has 1 saturated heterocycles. The van der Waals surface area contributed by atoms with Crippen molar-refractivity contribution < 1.29 is 8.42 Å². The molecule has 0 bridgehead atoms. The fourth-order valence-electron chi connectivity index (χ4n) is 0.645. The van der Waals surface area contributed by atoms with Gasteiger partial charge in [0, 0.05) is 33.1 Å². The molecule has 1 heterocycles. The van der Waals surface area contributed by atoms with Crippen molar-refractivity contribution in [3.8, 4) is 0 Å². The van der Waals surface area contributed by atoms with Crippen molar-refractivity contribution in [3.05, 3.63) is 0 Å². The van der Waals surface area contributed by atoms with E-state index in [2.05, 4.69) is 0 Å². The molecule has 0 aliphatic carbocycles. The van der Waals surface area contributed by atoms with Gasteiger partial charge in [-0.3, -0.25) is 8.42 Å². The van der Waals surface area contributed by atoms with Gasteiger partial charge in [-0.15, -0.1) is 0 Å². The molecular weight excluding hydrogens is 144 g/mol. The summed E-state index contributed by atoms with van der Waals surface area (Å²) in [6, 6.07) is 0. The van der Waals surface area contributed by atoms with Crippen LogP contribution in [-0.4, -0.2) is 25.0 Å². The van der Waals surface area contributed by atoms with Gasteiger partial charge in [-0.05, 0) is 6.42 Å². The van der Waals surface area contributed by atoms with Crippen LogP contribution in [0.2, 0.25) is 0 Å². The molecule has 48 valence electrons. The van der Waals surface area contributed by atoms with Crippen molar-refractivity contribution in [3.63, 3.8) is 0 Å². The van der Waals surface area contributed by atoms with Gasteiger partial charge in [0.25, 0.3) is 0 Å². The van der Waals surface area contributed by atoms with Gasteiger partial charge in [0.15, 0.2) is 0 Å². The Morgan fingerprint density at radius 1 is 1.00 bits per heavy atom. The van der Waals surface area contributed by atoms with Crippen molar-refractivity contribution in [2.24, 2.45) is 0 Å². The zero-order chi connectivity index (χ0) is 5.98. The molecule has 1 aliphatic rings. The van der Waals surface area contributed by atoms with E-state index in [1.807, 2.05) is 0 Å². The summed E-state index contributed by atoms with van der Waals surface area (Å²) in [7, 11) is -1.54. The molecule has 1 rings (SSSR count).